The predicted octanol–water partition coefficient (Wildman–Crippen LogP) is 2.02. The molecule has 2 rings (SSSR count). The zero-order valence-corrected chi connectivity index (χ0v) is 13.2. The van der Waals surface area contributed by atoms with Crippen LogP contribution in [0.15, 0.2) is 17.5 Å². The van der Waals surface area contributed by atoms with Gasteiger partial charge in [-0.2, -0.15) is 0 Å². The Bertz CT molecular complexity index is 443. The number of rotatable bonds is 5. The Balaban J connectivity index is 1.90. The van der Waals surface area contributed by atoms with Crippen molar-refractivity contribution in [2.75, 3.05) is 19.6 Å². The number of β-amino-alcohol motifs (C(OH)–C–C–N with tert-alkyl or cyclic N) is 1. The molecule has 1 aliphatic rings. The molecule has 2 heterocycles. The summed E-state index contributed by atoms with van der Waals surface area (Å²) >= 11 is 1.68. The molecule has 1 amide bonds. The van der Waals surface area contributed by atoms with Crippen LogP contribution in [0.5, 0.6) is 0 Å². The summed E-state index contributed by atoms with van der Waals surface area (Å²) in [5, 5.41) is 15.1. The van der Waals surface area contributed by atoms with Crippen LogP contribution in [0.2, 0.25) is 0 Å². The van der Waals surface area contributed by atoms with Crippen molar-refractivity contribution in [1.29, 1.82) is 0 Å². The molecule has 1 aromatic rings. The Morgan fingerprint density at radius 1 is 1.60 bits per heavy atom. The summed E-state index contributed by atoms with van der Waals surface area (Å²) in [5.74, 6) is 0.397. The summed E-state index contributed by atoms with van der Waals surface area (Å²) < 4.78 is 0. The minimum absolute atomic E-state index is 0.0369. The van der Waals surface area contributed by atoms with Gasteiger partial charge in [0.15, 0.2) is 0 Å². The lowest BCUT2D eigenvalue weighted by molar-refractivity contribution is -0.123. The molecule has 1 saturated heterocycles. The van der Waals surface area contributed by atoms with Gasteiger partial charge >= 0.3 is 0 Å². The molecule has 0 aromatic carbocycles. The van der Waals surface area contributed by atoms with Crippen molar-refractivity contribution in [1.82, 2.24) is 10.2 Å². The lowest BCUT2D eigenvalue weighted by Crippen LogP contribution is -2.40. The average molecular weight is 296 g/mol. The van der Waals surface area contributed by atoms with Crippen LogP contribution >= 0.6 is 11.3 Å². The van der Waals surface area contributed by atoms with Crippen molar-refractivity contribution in [2.24, 2.45) is 5.92 Å². The molecule has 1 aromatic heterocycles. The predicted molar refractivity (Wildman–Crippen MR) is 81.7 cm³/mol. The van der Waals surface area contributed by atoms with E-state index in [1.807, 2.05) is 23.3 Å². The normalized spacial score (nSPS) is 25.1. The summed E-state index contributed by atoms with van der Waals surface area (Å²) in [6.45, 7) is 7.78. The van der Waals surface area contributed by atoms with Crippen LogP contribution in [-0.4, -0.2) is 41.1 Å². The Labute approximate surface area is 124 Å². The van der Waals surface area contributed by atoms with Crippen molar-refractivity contribution in [3.8, 4) is 0 Å². The number of hydrogen-bond donors (Lipinski definition) is 2. The fraction of sp³-hybridized carbons (Fsp3) is 0.667. The van der Waals surface area contributed by atoms with Crippen LogP contribution in [0.1, 0.15) is 38.1 Å². The molecule has 1 fully saturated rings. The lowest BCUT2D eigenvalue weighted by Gasteiger charge is -2.23. The van der Waals surface area contributed by atoms with Gasteiger partial charge in [0.1, 0.15) is 0 Å². The number of hydrogen-bond acceptors (Lipinski definition) is 4. The number of nitrogens with zero attached hydrogens (tertiary/aromatic N) is 1. The van der Waals surface area contributed by atoms with Crippen molar-refractivity contribution in [3.63, 3.8) is 0 Å². The standard InChI is InChI=1S/C15H24N2O2S/c1-11(2)14(12-5-4-8-20-12)16-13(18)9-17-7-6-15(3,19)10-17/h4-5,8,11,14,19H,6-7,9-10H2,1-3H3,(H,16,18). The molecule has 2 atom stereocenters. The molecule has 5 heteroatoms. The van der Waals surface area contributed by atoms with E-state index in [9.17, 15) is 9.90 Å². The van der Waals surface area contributed by atoms with Crippen LogP contribution in [0, 0.1) is 5.92 Å². The van der Waals surface area contributed by atoms with E-state index < -0.39 is 5.60 Å². The second-order valence-electron chi connectivity index (χ2n) is 6.26. The first-order valence-electron chi connectivity index (χ1n) is 7.15. The molecular formula is C15H24N2O2S. The number of likely N-dealkylation sites (tertiary alicyclic amines) is 1. The molecule has 0 aliphatic carbocycles. The molecule has 2 unspecified atom stereocenters. The van der Waals surface area contributed by atoms with E-state index in [-0.39, 0.29) is 11.9 Å². The topological polar surface area (TPSA) is 52.6 Å². The average Bonchev–Trinajstić information content (AvgIpc) is 2.95. The van der Waals surface area contributed by atoms with Gasteiger partial charge in [0.25, 0.3) is 0 Å². The van der Waals surface area contributed by atoms with Gasteiger partial charge in [-0.15, -0.1) is 11.3 Å². The molecule has 0 radical (unpaired) electrons. The fourth-order valence-electron chi connectivity index (χ4n) is 2.63. The van der Waals surface area contributed by atoms with Crippen molar-refractivity contribution in [3.05, 3.63) is 22.4 Å². The molecule has 0 bridgehead atoms. The summed E-state index contributed by atoms with van der Waals surface area (Å²) in [7, 11) is 0. The van der Waals surface area contributed by atoms with Gasteiger partial charge in [-0.1, -0.05) is 19.9 Å². The molecule has 1 aliphatic heterocycles. The van der Waals surface area contributed by atoms with Crippen LogP contribution in [-0.2, 0) is 4.79 Å². The number of nitrogens with one attached hydrogen (secondary N) is 1. The molecular weight excluding hydrogens is 272 g/mol. The van der Waals surface area contributed by atoms with Crippen LogP contribution in [0.4, 0.5) is 0 Å². The largest absolute Gasteiger partial charge is 0.389 e. The number of carbonyl (C=O) groups is 1. The highest BCUT2D eigenvalue weighted by Crippen LogP contribution is 2.26. The first-order chi connectivity index (χ1) is 9.37. The molecule has 112 valence electrons. The van der Waals surface area contributed by atoms with E-state index in [1.54, 1.807) is 11.3 Å². The summed E-state index contributed by atoms with van der Waals surface area (Å²) in [4.78, 5) is 15.4. The van der Waals surface area contributed by atoms with Crippen LogP contribution < -0.4 is 5.32 Å². The van der Waals surface area contributed by atoms with E-state index in [1.165, 1.54) is 4.88 Å². The van der Waals surface area contributed by atoms with Gasteiger partial charge < -0.3 is 10.4 Å². The zero-order chi connectivity index (χ0) is 14.8. The van der Waals surface area contributed by atoms with E-state index >= 15 is 0 Å². The monoisotopic (exact) mass is 296 g/mol. The maximum absolute atomic E-state index is 12.2. The van der Waals surface area contributed by atoms with Crippen LogP contribution in [0.25, 0.3) is 0 Å². The Morgan fingerprint density at radius 2 is 2.35 bits per heavy atom. The maximum atomic E-state index is 12.2. The van der Waals surface area contributed by atoms with E-state index in [2.05, 4.69) is 25.2 Å². The molecule has 2 N–H and O–H groups in total. The van der Waals surface area contributed by atoms with E-state index in [4.69, 9.17) is 0 Å². The first kappa shape index (κ1) is 15.5. The van der Waals surface area contributed by atoms with Gasteiger partial charge in [-0.05, 0) is 30.7 Å². The van der Waals surface area contributed by atoms with Crippen molar-refractivity contribution < 1.29 is 9.90 Å². The first-order valence-corrected chi connectivity index (χ1v) is 8.03. The van der Waals surface area contributed by atoms with E-state index in [0.717, 1.165) is 13.0 Å². The zero-order valence-electron chi connectivity index (χ0n) is 12.4. The highest BCUT2D eigenvalue weighted by molar-refractivity contribution is 7.10. The van der Waals surface area contributed by atoms with Crippen molar-refractivity contribution in [2.45, 2.75) is 38.8 Å². The Kier molecular flexibility index (Phi) is 4.83. The third-order valence-electron chi connectivity index (χ3n) is 3.73. The quantitative estimate of drug-likeness (QED) is 0.874. The number of thiophene rings is 1. The third-order valence-corrected chi connectivity index (χ3v) is 4.69. The smallest absolute Gasteiger partial charge is 0.234 e. The SMILES string of the molecule is CC(C)C(NC(=O)CN1CCC(C)(O)C1)c1cccs1. The van der Waals surface area contributed by atoms with Gasteiger partial charge in [-0.3, -0.25) is 9.69 Å². The van der Waals surface area contributed by atoms with Gasteiger partial charge in [0.2, 0.25) is 5.91 Å². The minimum Gasteiger partial charge on any atom is -0.389 e. The molecule has 4 nitrogen and oxygen atoms in total. The second kappa shape index (κ2) is 6.24. The van der Waals surface area contributed by atoms with Gasteiger partial charge in [0, 0.05) is 18.0 Å². The minimum atomic E-state index is -0.647. The summed E-state index contributed by atoms with van der Waals surface area (Å²) in [6, 6.07) is 4.15. The summed E-state index contributed by atoms with van der Waals surface area (Å²) in [6.07, 6.45) is 0.735. The molecule has 0 spiro atoms. The fourth-order valence-corrected chi connectivity index (χ4v) is 3.58. The second-order valence-corrected chi connectivity index (χ2v) is 7.24. The Hall–Kier alpha value is -0.910. The summed E-state index contributed by atoms with van der Waals surface area (Å²) in [5.41, 5.74) is -0.647. The number of amides is 1. The van der Waals surface area contributed by atoms with Crippen LogP contribution in [0.3, 0.4) is 0 Å². The maximum Gasteiger partial charge on any atom is 0.234 e. The van der Waals surface area contributed by atoms with E-state index in [0.29, 0.717) is 19.0 Å². The highest BCUT2D eigenvalue weighted by Gasteiger charge is 2.32. The van der Waals surface area contributed by atoms with Crippen molar-refractivity contribution >= 4 is 17.2 Å². The Morgan fingerprint density at radius 3 is 2.85 bits per heavy atom. The molecule has 0 saturated carbocycles. The number of carbonyl (C=O) groups excluding carboxylic acids is 1. The highest BCUT2D eigenvalue weighted by atomic mass is 32.1. The molecule has 20 heavy (non-hydrogen) atoms. The number of aliphatic hydroxyl groups is 1. The lowest BCUT2D eigenvalue weighted by atomic mass is 10.0. The van der Waals surface area contributed by atoms with Gasteiger partial charge in [0.05, 0.1) is 18.2 Å². The third kappa shape index (κ3) is 4.04. The van der Waals surface area contributed by atoms with Gasteiger partial charge in [-0.25, -0.2) is 0 Å².